The molecule has 0 saturated heterocycles. The fourth-order valence-corrected chi connectivity index (χ4v) is 3.29. The minimum Gasteiger partial charge on any atom is -0.508 e. The lowest BCUT2D eigenvalue weighted by atomic mass is 9.95. The van der Waals surface area contributed by atoms with Gasteiger partial charge in [0.1, 0.15) is 5.75 Å². The van der Waals surface area contributed by atoms with Gasteiger partial charge in [0.25, 0.3) is 0 Å². The number of rotatable bonds is 4. The molecule has 0 radical (unpaired) electrons. The van der Waals surface area contributed by atoms with Gasteiger partial charge in [0.2, 0.25) is 0 Å². The first-order valence-corrected chi connectivity index (χ1v) is 7.61. The molecule has 0 bridgehead atoms. The molecule has 2 atom stereocenters. The van der Waals surface area contributed by atoms with Crippen molar-refractivity contribution < 1.29 is 5.11 Å². The summed E-state index contributed by atoms with van der Waals surface area (Å²) < 4.78 is 0. The second-order valence-electron chi connectivity index (χ2n) is 4.73. The maximum absolute atomic E-state index is 9.69. The quantitative estimate of drug-likeness (QED) is 0.862. The van der Waals surface area contributed by atoms with E-state index in [-0.39, 0.29) is 0 Å². The normalized spacial score (nSPS) is 24.8. The van der Waals surface area contributed by atoms with Crippen molar-refractivity contribution in [1.29, 1.82) is 0 Å². The SMILES string of the molecule is CSC1CCCC(NCc2ccccc2O)C1. The summed E-state index contributed by atoms with van der Waals surface area (Å²) in [5, 5.41) is 14.1. The van der Waals surface area contributed by atoms with Gasteiger partial charge < -0.3 is 10.4 Å². The molecule has 2 unspecified atom stereocenters. The molecule has 2 nitrogen and oxygen atoms in total. The zero-order valence-electron chi connectivity index (χ0n) is 10.4. The molecule has 0 spiro atoms. The molecule has 2 rings (SSSR count). The molecule has 1 saturated carbocycles. The van der Waals surface area contributed by atoms with Gasteiger partial charge >= 0.3 is 0 Å². The number of nitrogens with one attached hydrogen (secondary N) is 1. The van der Waals surface area contributed by atoms with E-state index in [1.54, 1.807) is 6.07 Å². The van der Waals surface area contributed by atoms with E-state index in [0.29, 0.717) is 11.8 Å². The van der Waals surface area contributed by atoms with Gasteiger partial charge in [0, 0.05) is 23.4 Å². The highest BCUT2D eigenvalue weighted by Gasteiger charge is 2.20. The minimum atomic E-state index is 0.400. The van der Waals surface area contributed by atoms with E-state index in [9.17, 15) is 5.11 Å². The number of hydrogen-bond acceptors (Lipinski definition) is 3. The first kappa shape index (κ1) is 12.8. The molecule has 3 heteroatoms. The average molecular weight is 251 g/mol. The Morgan fingerprint density at radius 1 is 1.35 bits per heavy atom. The van der Waals surface area contributed by atoms with Gasteiger partial charge in [-0.1, -0.05) is 24.6 Å². The number of para-hydroxylation sites is 1. The highest BCUT2D eigenvalue weighted by atomic mass is 32.2. The maximum Gasteiger partial charge on any atom is 0.120 e. The molecule has 1 aromatic rings. The topological polar surface area (TPSA) is 32.3 Å². The number of benzene rings is 1. The number of phenols is 1. The summed E-state index contributed by atoms with van der Waals surface area (Å²) in [4.78, 5) is 0. The van der Waals surface area contributed by atoms with Crippen molar-refractivity contribution in [3.63, 3.8) is 0 Å². The van der Waals surface area contributed by atoms with Crippen LogP contribution in [0.3, 0.4) is 0 Å². The van der Waals surface area contributed by atoms with Gasteiger partial charge in [-0.15, -0.1) is 0 Å². The molecule has 0 aliphatic heterocycles. The highest BCUT2D eigenvalue weighted by molar-refractivity contribution is 7.99. The number of thioether (sulfide) groups is 1. The minimum absolute atomic E-state index is 0.400. The zero-order valence-corrected chi connectivity index (χ0v) is 11.2. The summed E-state index contributed by atoms with van der Waals surface area (Å²) in [5.74, 6) is 0.400. The van der Waals surface area contributed by atoms with Gasteiger partial charge in [0.05, 0.1) is 0 Å². The van der Waals surface area contributed by atoms with Crippen molar-refractivity contribution in [2.24, 2.45) is 0 Å². The van der Waals surface area contributed by atoms with Gasteiger partial charge in [-0.3, -0.25) is 0 Å². The Kier molecular flexibility index (Phi) is 4.75. The Bertz CT molecular complexity index is 356. The molecule has 1 fully saturated rings. The summed E-state index contributed by atoms with van der Waals surface area (Å²) >= 11 is 1.98. The summed E-state index contributed by atoms with van der Waals surface area (Å²) in [7, 11) is 0. The summed E-state index contributed by atoms with van der Waals surface area (Å²) in [6.07, 6.45) is 7.41. The Labute approximate surface area is 108 Å². The molecule has 1 aromatic carbocycles. The fourth-order valence-electron chi connectivity index (χ4n) is 2.46. The highest BCUT2D eigenvalue weighted by Crippen LogP contribution is 2.27. The van der Waals surface area contributed by atoms with E-state index >= 15 is 0 Å². The van der Waals surface area contributed by atoms with Crippen LogP contribution in [0.4, 0.5) is 0 Å². The molecule has 0 amide bonds. The van der Waals surface area contributed by atoms with Gasteiger partial charge in [-0.2, -0.15) is 11.8 Å². The van der Waals surface area contributed by atoms with Crippen molar-refractivity contribution in [1.82, 2.24) is 5.32 Å². The third-order valence-corrected chi connectivity index (χ3v) is 4.63. The number of aromatic hydroxyl groups is 1. The summed E-state index contributed by atoms with van der Waals surface area (Å²) in [5.41, 5.74) is 0.999. The monoisotopic (exact) mass is 251 g/mol. The summed E-state index contributed by atoms with van der Waals surface area (Å²) in [6.45, 7) is 0.776. The van der Waals surface area contributed by atoms with E-state index in [4.69, 9.17) is 0 Å². The molecule has 0 heterocycles. The van der Waals surface area contributed by atoms with E-state index in [0.717, 1.165) is 17.4 Å². The second-order valence-corrected chi connectivity index (χ2v) is 5.87. The standard InChI is InChI=1S/C14H21NOS/c1-17-13-7-4-6-12(9-13)15-10-11-5-2-3-8-14(11)16/h2-3,5,8,12-13,15-16H,4,6-7,9-10H2,1H3. The number of phenolic OH excluding ortho intramolecular Hbond substituents is 1. The predicted molar refractivity (Wildman–Crippen MR) is 74.5 cm³/mol. The summed E-state index contributed by atoms with van der Waals surface area (Å²) in [6, 6.07) is 8.19. The molecule has 94 valence electrons. The second kappa shape index (κ2) is 6.31. The van der Waals surface area contributed by atoms with Crippen LogP contribution in [0.5, 0.6) is 5.75 Å². The van der Waals surface area contributed by atoms with Gasteiger partial charge in [0.15, 0.2) is 0 Å². The molecule has 2 N–H and O–H groups in total. The Hall–Kier alpha value is -0.670. The predicted octanol–water partition coefficient (Wildman–Crippen LogP) is 3.16. The van der Waals surface area contributed by atoms with E-state index in [1.165, 1.54) is 25.7 Å². The van der Waals surface area contributed by atoms with Crippen LogP contribution in [-0.4, -0.2) is 22.7 Å². The van der Waals surface area contributed by atoms with Crippen LogP contribution in [-0.2, 0) is 6.54 Å². The molecule has 1 aliphatic carbocycles. The van der Waals surface area contributed by atoms with E-state index in [2.05, 4.69) is 11.6 Å². The fraction of sp³-hybridized carbons (Fsp3) is 0.571. The Balaban J connectivity index is 1.84. The van der Waals surface area contributed by atoms with Crippen molar-refractivity contribution >= 4 is 11.8 Å². The molecular weight excluding hydrogens is 230 g/mol. The lowest BCUT2D eigenvalue weighted by molar-refractivity contribution is 0.376. The van der Waals surface area contributed by atoms with Crippen molar-refractivity contribution in [3.8, 4) is 5.75 Å². The lowest BCUT2D eigenvalue weighted by Gasteiger charge is -2.28. The zero-order chi connectivity index (χ0) is 12.1. The third-order valence-electron chi connectivity index (χ3n) is 3.53. The van der Waals surface area contributed by atoms with Crippen LogP contribution in [0.2, 0.25) is 0 Å². The maximum atomic E-state index is 9.69. The van der Waals surface area contributed by atoms with Gasteiger partial charge in [-0.05, 0) is 31.6 Å². The number of hydrogen-bond donors (Lipinski definition) is 2. The largest absolute Gasteiger partial charge is 0.508 e. The first-order valence-electron chi connectivity index (χ1n) is 6.32. The third kappa shape index (κ3) is 3.65. The van der Waals surface area contributed by atoms with Crippen LogP contribution in [0.15, 0.2) is 24.3 Å². The molecular formula is C14H21NOS. The van der Waals surface area contributed by atoms with Crippen LogP contribution in [0.1, 0.15) is 31.2 Å². The van der Waals surface area contributed by atoms with Crippen LogP contribution in [0, 0.1) is 0 Å². The van der Waals surface area contributed by atoms with Crippen molar-refractivity contribution in [3.05, 3.63) is 29.8 Å². The van der Waals surface area contributed by atoms with Crippen LogP contribution < -0.4 is 5.32 Å². The average Bonchev–Trinajstić information content (AvgIpc) is 2.38. The van der Waals surface area contributed by atoms with Crippen LogP contribution in [0.25, 0.3) is 0 Å². The smallest absolute Gasteiger partial charge is 0.120 e. The van der Waals surface area contributed by atoms with E-state index < -0.39 is 0 Å². The van der Waals surface area contributed by atoms with Gasteiger partial charge in [-0.25, -0.2) is 0 Å². The Morgan fingerprint density at radius 3 is 2.94 bits per heavy atom. The van der Waals surface area contributed by atoms with Crippen molar-refractivity contribution in [2.75, 3.05) is 6.26 Å². The molecule has 17 heavy (non-hydrogen) atoms. The van der Waals surface area contributed by atoms with E-state index in [1.807, 2.05) is 30.0 Å². The first-order chi connectivity index (χ1) is 8.29. The van der Waals surface area contributed by atoms with Crippen LogP contribution >= 0.6 is 11.8 Å². The van der Waals surface area contributed by atoms with Crippen molar-refractivity contribution in [2.45, 2.75) is 43.5 Å². The lowest BCUT2D eigenvalue weighted by Crippen LogP contribution is -2.34. The Morgan fingerprint density at radius 2 is 2.18 bits per heavy atom. The molecule has 1 aliphatic rings. The molecule has 0 aromatic heterocycles.